The fourth-order valence-electron chi connectivity index (χ4n) is 4.43. The van der Waals surface area contributed by atoms with Crippen LogP contribution in [0.5, 0.6) is 0 Å². The van der Waals surface area contributed by atoms with Crippen LogP contribution >= 0.6 is 0 Å². The summed E-state index contributed by atoms with van der Waals surface area (Å²) in [6.45, 7) is 6.83. The number of ether oxygens (including phenoxy) is 1. The Kier molecular flexibility index (Phi) is 6.34. The zero-order valence-corrected chi connectivity index (χ0v) is 17.6. The average Bonchev–Trinajstić information content (AvgIpc) is 3.42. The van der Waals surface area contributed by atoms with Gasteiger partial charge in [-0.3, -0.25) is 4.79 Å². The number of amides is 2. The van der Waals surface area contributed by atoms with Gasteiger partial charge in [-0.05, 0) is 56.7 Å². The lowest BCUT2D eigenvalue weighted by atomic mass is 9.86. The monoisotopic (exact) mass is 426 g/mol. The van der Waals surface area contributed by atoms with Crippen molar-refractivity contribution in [1.29, 1.82) is 0 Å². The molecule has 1 aromatic rings. The van der Waals surface area contributed by atoms with E-state index in [4.69, 9.17) is 4.74 Å². The molecule has 0 spiro atoms. The van der Waals surface area contributed by atoms with Crippen molar-refractivity contribution in [3.63, 3.8) is 0 Å². The quantitative estimate of drug-likeness (QED) is 0.736. The van der Waals surface area contributed by atoms with Gasteiger partial charge in [-0.25, -0.2) is 4.79 Å². The maximum absolute atomic E-state index is 12.9. The third-order valence-electron chi connectivity index (χ3n) is 6.28. The summed E-state index contributed by atoms with van der Waals surface area (Å²) in [7, 11) is 0. The van der Waals surface area contributed by atoms with E-state index in [0.717, 1.165) is 30.5 Å². The van der Waals surface area contributed by atoms with E-state index in [1.54, 1.807) is 26.0 Å². The van der Waals surface area contributed by atoms with Gasteiger partial charge in [0.05, 0.1) is 17.6 Å². The van der Waals surface area contributed by atoms with Crippen LogP contribution in [0.25, 0.3) is 0 Å². The second kappa shape index (κ2) is 8.47. The lowest BCUT2D eigenvalue weighted by Crippen LogP contribution is -2.46. The largest absolute Gasteiger partial charge is 0.447 e. The van der Waals surface area contributed by atoms with Crippen LogP contribution in [0.15, 0.2) is 24.3 Å². The number of fused-ring (bicyclic) bond motifs is 1. The SMILES string of the molecule is CC[C@H](CNC(=O)OC(C)C)C(=O)N1CCC2(c3ccc(C(F)(F)F)cc3)CC2C1. The molecule has 3 atom stereocenters. The zero-order valence-electron chi connectivity index (χ0n) is 17.6. The molecule has 1 aliphatic carbocycles. The van der Waals surface area contributed by atoms with Crippen LogP contribution in [-0.4, -0.2) is 42.6 Å². The third kappa shape index (κ3) is 4.73. The van der Waals surface area contributed by atoms with Gasteiger partial charge in [-0.15, -0.1) is 0 Å². The number of alkyl halides is 3. The summed E-state index contributed by atoms with van der Waals surface area (Å²) in [6, 6.07) is 5.46. The number of likely N-dealkylation sites (tertiary alicyclic amines) is 1. The molecule has 1 aromatic carbocycles. The second-order valence-electron chi connectivity index (χ2n) is 8.61. The number of hydrogen-bond acceptors (Lipinski definition) is 3. The molecule has 2 fully saturated rings. The molecule has 2 amide bonds. The minimum atomic E-state index is -4.33. The summed E-state index contributed by atoms with van der Waals surface area (Å²) in [5.41, 5.74) is 0.182. The summed E-state index contributed by atoms with van der Waals surface area (Å²) in [5, 5.41) is 2.66. The first-order chi connectivity index (χ1) is 14.1. The predicted octanol–water partition coefficient (Wildman–Crippen LogP) is 4.36. The Balaban J connectivity index is 1.57. The van der Waals surface area contributed by atoms with Crippen LogP contribution in [-0.2, 0) is 21.1 Å². The van der Waals surface area contributed by atoms with Gasteiger partial charge in [0, 0.05) is 25.0 Å². The number of nitrogens with one attached hydrogen (secondary N) is 1. The van der Waals surface area contributed by atoms with E-state index < -0.39 is 17.8 Å². The molecule has 1 saturated heterocycles. The lowest BCUT2D eigenvalue weighted by Gasteiger charge is -2.34. The van der Waals surface area contributed by atoms with Crippen LogP contribution in [0.3, 0.4) is 0 Å². The van der Waals surface area contributed by atoms with Gasteiger partial charge >= 0.3 is 12.3 Å². The topological polar surface area (TPSA) is 58.6 Å². The Morgan fingerprint density at radius 2 is 1.93 bits per heavy atom. The first-order valence-electron chi connectivity index (χ1n) is 10.5. The van der Waals surface area contributed by atoms with E-state index in [1.807, 2.05) is 11.8 Å². The molecular weight excluding hydrogens is 397 g/mol. The van der Waals surface area contributed by atoms with E-state index in [-0.39, 0.29) is 35.8 Å². The summed E-state index contributed by atoms with van der Waals surface area (Å²) in [6.07, 6.45) is -2.85. The Morgan fingerprint density at radius 1 is 1.27 bits per heavy atom. The molecule has 1 heterocycles. The number of benzene rings is 1. The smallest absolute Gasteiger partial charge is 0.416 e. The summed E-state index contributed by atoms with van der Waals surface area (Å²) in [5.74, 6) is -0.0411. The van der Waals surface area contributed by atoms with Crippen molar-refractivity contribution in [3.8, 4) is 0 Å². The third-order valence-corrected chi connectivity index (χ3v) is 6.28. The molecule has 0 aromatic heterocycles. The van der Waals surface area contributed by atoms with E-state index in [0.29, 0.717) is 19.5 Å². The van der Waals surface area contributed by atoms with Gasteiger partial charge in [-0.2, -0.15) is 13.2 Å². The highest BCUT2D eigenvalue weighted by atomic mass is 19.4. The number of hydrogen-bond donors (Lipinski definition) is 1. The Bertz CT molecular complexity index is 779. The van der Waals surface area contributed by atoms with Crippen molar-refractivity contribution in [3.05, 3.63) is 35.4 Å². The molecule has 1 saturated carbocycles. The van der Waals surface area contributed by atoms with Crippen molar-refractivity contribution in [1.82, 2.24) is 10.2 Å². The van der Waals surface area contributed by atoms with Crippen LogP contribution in [0.4, 0.5) is 18.0 Å². The maximum atomic E-state index is 12.9. The number of halogens is 3. The molecule has 166 valence electrons. The van der Waals surface area contributed by atoms with E-state index >= 15 is 0 Å². The van der Waals surface area contributed by atoms with Crippen LogP contribution in [0.2, 0.25) is 0 Å². The van der Waals surface area contributed by atoms with E-state index in [2.05, 4.69) is 5.32 Å². The number of rotatable bonds is 6. The van der Waals surface area contributed by atoms with Gasteiger partial charge in [0.15, 0.2) is 0 Å². The zero-order chi connectivity index (χ0) is 22.1. The van der Waals surface area contributed by atoms with Gasteiger partial charge in [0.25, 0.3) is 0 Å². The summed E-state index contributed by atoms with van der Waals surface area (Å²) >= 11 is 0. The standard InChI is InChI=1S/C22H29F3N2O3/c1-4-15(12-26-20(29)30-14(2)3)19(28)27-10-9-21(11-18(21)13-27)16-5-7-17(8-6-16)22(23,24)25/h5-8,14-15,18H,4,9-13H2,1-3H3,(H,26,29)/t15-,18?,21?/m1/s1. The van der Waals surface area contributed by atoms with Crippen molar-refractivity contribution in [2.75, 3.05) is 19.6 Å². The Labute approximate surface area is 175 Å². The summed E-state index contributed by atoms with van der Waals surface area (Å²) in [4.78, 5) is 26.5. The fourth-order valence-corrected chi connectivity index (χ4v) is 4.43. The number of nitrogens with zero attached hydrogens (tertiary/aromatic N) is 1. The Hall–Kier alpha value is -2.25. The molecular formula is C22H29F3N2O3. The molecule has 0 bridgehead atoms. The van der Waals surface area contributed by atoms with Gasteiger partial charge in [-0.1, -0.05) is 19.1 Å². The van der Waals surface area contributed by atoms with Gasteiger partial charge in [0.2, 0.25) is 5.91 Å². The molecule has 2 aliphatic rings. The number of alkyl carbamates (subject to hydrolysis) is 1. The van der Waals surface area contributed by atoms with Crippen molar-refractivity contribution in [2.24, 2.45) is 11.8 Å². The molecule has 3 rings (SSSR count). The minimum absolute atomic E-state index is 0.00951. The van der Waals surface area contributed by atoms with Crippen molar-refractivity contribution in [2.45, 2.75) is 57.7 Å². The molecule has 8 heteroatoms. The molecule has 2 unspecified atom stereocenters. The normalized spacial score (nSPS) is 24.2. The number of carbonyl (C=O) groups is 2. The molecule has 0 radical (unpaired) electrons. The van der Waals surface area contributed by atoms with Crippen molar-refractivity contribution >= 4 is 12.0 Å². The first kappa shape index (κ1) is 22.4. The average molecular weight is 426 g/mol. The minimum Gasteiger partial charge on any atom is -0.447 e. The van der Waals surface area contributed by atoms with Gasteiger partial charge in [0.1, 0.15) is 0 Å². The molecule has 5 nitrogen and oxygen atoms in total. The first-order valence-corrected chi connectivity index (χ1v) is 10.5. The molecule has 1 N–H and O–H groups in total. The van der Waals surface area contributed by atoms with E-state index in [1.165, 1.54) is 0 Å². The van der Waals surface area contributed by atoms with Crippen LogP contribution < -0.4 is 5.32 Å². The highest BCUT2D eigenvalue weighted by Crippen LogP contribution is 2.59. The predicted molar refractivity (Wildman–Crippen MR) is 106 cm³/mol. The van der Waals surface area contributed by atoms with Crippen molar-refractivity contribution < 1.29 is 27.5 Å². The number of carbonyl (C=O) groups excluding carboxylic acids is 2. The summed E-state index contributed by atoms with van der Waals surface area (Å²) < 4.78 is 43.5. The Morgan fingerprint density at radius 3 is 2.47 bits per heavy atom. The highest BCUT2D eigenvalue weighted by molar-refractivity contribution is 5.80. The van der Waals surface area contributed by atoms with Gasteiger partial charge < -0.3 is 15.0 Å². The van der Waals surface area contributed by atoms with E-state index in [9.17, 15) is 22.8 Å². The maximum Gasteiger partial charge on any atom is 0.416 e. The molecule has 1 aliphatic heterocycles. The lowest BCUT2D eigenvalue weighted by molar-refractivity contribution is -0.138. The second-order valence-corrected chi connectivity index (χ2v) is 8.61. The fraction of sp³-hybridized carbons (Fsp3) is 0.636. The van der Waals surface area contributed by atoms with Crippen LogP contribution in [0, 0.1) is 11.8 Å². The number of piperidine rings is 1. The highest BCUT2D eigenvalue weighted by Gasteiger charge is 2.58. The molecule has 30 heavy (non-hydrogen) atoms. The van der Waals surface area contributed by atoms with Crippen LogP contribution in [0.1, 0.15) is 51.2 Å².